The summed E-state index contributed by atoms with van der Waals surface area (Å²) in [6.45, 7) is 7.85. The van der Waals surface area contributed by atoms with Crippen molar-refractivity contribution < 1.29 is 14.3 Å². The molecule has 1 aromatic carbocycles. The Hall–Kier alpha value is -1.55. The van der Waals surface area contributed by atoms with Crippen LogP contribution in [0.2, 0.25) is 0 Å². The smallest absolute Gasteiger partial charge is 0.342 e. The SMILES string of the molecule is CCOc1cccc(C)c1C(=O)OCCN1CCCCC1. The van der Waals surface area contributed by atoms with Crippen molar-refractivity contribution in [3.05, 3.63) is 29.3 Å². The highest BCUT2D eigenvalue weighted by Gasteiger charge is 2.17. The Kier molecular flexibility index (Phi) is 6.05. The second-order valence-electron chi connectivity index (χ2n) is 5.42. The predicted molar refractivity (Wildman–Crippen MR) is 82.9 cm³/mol. The summed E-state index contributed by atoms with van der Waals surface area (Å²) in [5.41, 5.74) is 1.45. The molecule has 1 aliphatic rings. The molecule has 0 unspecified atom stereocenters. The van der Waals surface area contributed by atoms with Gasteiger partial charge in [0.2, 0.25) is 0 Å². The Balaban J connectivity index is 1.90. The summed E-state index contributed by atoms with van der Waals surface area (Å²) in [6.07, 6.45) is 3.82. The number of hydrogen-bond acceptors (Lipinski definition) is 4. The second-order valence-corrected chi connectivity index (χ2v) is 5.42. The molecule has 1 aromatic rings. The first-order valence-electron chi connectivity index (χ1n) is 7.84. The quantitative estimate of drug-likeness (QED) is 0.755. The molecule has 1 aliphatic heterocycles. The summed E-state index contributed by atoms with van der Waals surface area (Å²) in [7, 11) is 0. The third kappa shape index (κ3) is 4.46. The molecule has 0 aromatic heterocycles. The Bertz CT molecular complexity index is 467. The molecule has 1 fully saturated rings. The third-order valence-electron chi connectivity index (χ3n) is 3.83. The molecule has 0 atom stereocenters. The molecule has 116 valence electrons. The molecule has 0 aliphatic carbocycles. The fourth-order valence-electron chi connectivity index (χ4n) is 2.70. The number of esters is 1. The van der Waals surface area contributed by atoms with Crippen LogP contribution in [0.4, 0.5) is 0 Å². The summed E-state index contributed by atoms with van der Waals surface area (Å²) >= 11 is 0. The van der Waals surface area contributed by atoms with Crippen LogP contribution in [0.15, 0.2) is 18.2 Å². The fraction of sp³-hybridized carbons (Fsp3) is 0.588. The molecule has 21 heavy (non-hydrogen) atoms. The average Bonchev–Trinajstić information content (AvgIpc) is 2.48. The molecule has 0 radical (unpaired) electrons. The van der Waals surface area contributed by atoms with Gasteiger partial charge in [0.05, 0.1) is 6.61 Å². The number of benzene rings is 1. The van der Waals surface area contributed by atoms with E-state index in [1.54, 1.807) is 0 Å². The van der Waals surface area contributed by atoms with Gasteiger partial charge in [-0.15, -0.1) is 0 Å². The van der Waals surface area contributed by atoms with Crippen molar-refractivity contribution >= 4 is 5.97 Å². The Morgan fingerprint density at radius 2 is 2.00 bits per heavy atom. The maximum absolute atomic E-state index is 12.3. The first-order valence-corrected chi connectivity index (χ1v) is 7.84. The lowest BCUT2D eigenvalue weighted by atomic mass is 10.1. The Morgan fingerprint density at radius 1 is 1.24 bits per heavy atom. The third-order valence-corrected chi connectivity index (χ3v) is 3.83. The number of nitrogens with zero attached hydrogens (tertiary/aromatic N) is 1. The van der Waals surface area contributed by atoms with E-state index in [4.69, 9.17) is 9.47 Å². The van der Waals surface area contributed by atoms with Crippen LogP contribution in [0.3, 0.4) is 0 Å². The van der Waals surface area contributed by atoms with Crippen LogP contribution in [0.25, 0.3) is 0 Å². The zero-order chi connectivity index (χ0) is 15.1. The van der Waals surface area contributed by atoms with E-state index < -0.39 is 0 Å². The van der Waals surface area contributed by atoms with Gasteiger partial charge in [0.15, 0.2) is 0 Å². The molecule has 4 nitrogen and oxygen atoms in total. The number of piperidine rings is 1. The number of aryl methyl sites for hydroxylation is 1. The molecule has 0 N–H and O–H groups in total. The Morgan fingerprint density at radius 3 is 2.71 bits per heavy atom. The van der Waals surface area contributed by atoms with Crippen LogP contribution in [0.5, 0.6) is 5.75 Å². The molecule has 0 amide bonds. The molecular weight excluding hydrogens is 266 g/mol. The molecule has 4 heteroatoms. The van der Waals surface area contributed by atoms with Crippen LogP contribution in [-0.2, 0) is 4.74 Å². The van der Waals surface area contributed by atoms with Crippen molar-refractivity contribution in [1.82, 2.24) is 4.90 Å². The molecule has 0 saturated carbocycles. The van der Waals surface area contributed by atoms with Gasteiger partial charge in [0.25, 0.3) is 0 Å². The fourth-order valence-corrected chi connectivity index (χ4v) is 2.70. The lowest BCUT2D eigenvalue weighted by Gasteiger charge is -2.26. The number of likely N-dealkylation sites (tertiary alicyclic amines) is 1. The van der Waals surface area contributed by atoms with Crippen LogP contribution in [-0.4, -0.2) is 43.7 Å². The van der Waals surface area contributed by atoms with E-state index >= 15 is 0 Å². The highest BCUT2D eigenvalue weighted by Crippen LogP contribution is 2.23. The number of rotatable bonds is 6. The molecular formula is C17H25NO3. The Labute approximate surface area is 127 Å². The van der Waals surface area contributed by atoms with Gasteiger partial charge < -0.3 is 9.47 Å². The molecule has 2 rings (SSSR count). The van der Waals surface area contributed by atoms with E-state index in [-0.39, 0.29) is 5.97 Å². The number of carbonyl (C=O) groups is 1. The number of hydrogen-bond donors (Lipinski definition) is 0. The lowest BCUT2D eigenvalue weighted by Crippen LogP contribution is -2.33. The van der Waals surface area contributed by atoms with Crippen LogP contribution in [0.1, 0.15) is 42.1 Å². The summed E-state index contributed by atoms with van der Waals surface area (Å²) < 4.78 is 11.0. The van der Waals surface area contributed by atoms with Crippen LogP contribution >= 0.6 is 0 Å². The zero-order valence-corrected chi connectivity index (χ0v) is 13.1. The number of ether oxygens (including phenoxy) is 2. The van der Waals surface area contributed by atoms with Gasteiger partial charge >= 0.3 is 5.97 Å². The number of carbonyl (C=O) groups excluding carboxylic acids is 1. The van der Waals surface area contributed by atoms with Gasteiger partial charge in [0, 0.05) is 6.54 Å². The normalized spacial score (nSPS) is 15.7. The van der Waals surface area contributed by atoms with Crippen molar-refractivity contribution in [2.45, 2.75) is 33.1 Å². The van der Waals surface area contributed by atoms with Crippen molar-refractivity contribution in [3.8, 4) is 5.75 Å². The maximum Gasteiger partial charge on any atom is 0.342 e. The largest absolute Gasteiger partial charge is 0.493 e. The minimum absolute atomic E-state index is 0.284. The zero-order valence-electron chi connectivity index (χ0n) is 13.1. The average molecular weight is 291 g/mol. The van der Waals surface area contributed by atoms with E-state index in [0.717, 1.165) is 25.2 Å². The van der Waals surface area contributed by atoms with Crippen molar-refractivity contribution in [2.75, 3.05) is 32.8 Å². The first kappa shape index (κ1) is 15.8. The van der Waals surface area contributed by atoms with Gasteiger partial charge in [-0.1, -0.05) is 18.6 Å². The highest BCUT2D eigenvalue weighted by molar-refractivity contribution is 5.94. The van der Waals surface area contributed by atoms with Gasteiger partial charge in [-0.05, 0) is 51.4 Å². The minimum Gasteiger partial charge on any atom is -0.493 e. The van der Waals surface area contributed by atoms with Gasteiger partial charge in [0.1, 0.15) is 17.9 Å². The standard InChI is InChI=1S/C17H25NO3/c1-3-20-15-9-7-8-14(2)16(15)17(19)21-13-12-18-10-5-4-6-11-18/h7-9H,3-6,10-13H2,1-2H3. The van der Waals surface area contributed by atoms with E-state index in [9.17, 15) is 4.79 Å². The topological polar surface area (TPSA) is 38.8 Å². The van der Waals surface area contributed by atoms with Crippen molar-refractivity contribution in [2.24, 2.45) is 0 Å². The molecule has 1 saturated heterocycles. The van der Waals surface area contributed by atoms with Gasteiger partial charge in [-0.2, -0.15) is 0 Å². The summed E-state index contributed by atoms with van der Waals surface area (Å²) in [4.78, 5) is 14.6. The van der Waals surface area contributed by atoms with E-state index in [0.29, 0.717) is 24.5 Å². The molecule has 0 bridgehead atoms. The highest BCUT2D eigenvalue weighted by atomic mass is 16.5. The van der Waals surface area contributed by atoms with Crippen LogP contribution in [0, 0.1) is 6.92 Å². The summed E-state index contributed by atoms with van der Waals surface area (Å²) in [5.74, 6) is 0.328. The van der Waals surface area contributed by atoms with E-state index in [2.05, 4.69) is 4.90 Å². The van der Waals surface area contributed by atoms with Crippen LogP contribution < -0.4 is 4.74 Å². The summed E-state index contributed by atoms with van der Waals surface area (Å²) in [6, 6.07) is 5.62. The van der Waals surface area contributed by atoms with Crippen molar-refractivity contribution in [3.63, 3.8) is 0 Å². The van der Waals surface area contributed by atoms with Gasteiger partial charge in [-0.25, -0.2) is 4.79 Å². The van der Waals surface area contributed by atoms with E-state index in [1.165, 1.54) is 19.3 Å². The van der Waals surface area contributed by atoms with Crippen molar-refractivity contribution in [1.29, 1.82) is 0 Å². The van der Waals surface area contributed by atoms with E-state index in [1.807, 2.05) is 32.0 Å². The second kappa shape index (κ2) is 8.03. The molecule has 1 heterocycles. The monoisotopic (exact) mass is 291 g/mol. The minimum atomic E-state index is -0.284. The van der Waals surface area contributed by atoms with Gasteiger partial charge in [-0.3, -0.25) is 4.90 Å². The predicted octanol–water partition coefficient (Wildman–Crippen LogP) is 3.04. The summed E-state index contributed by atoms with van der Waals surface area (Å²) in [5, 5.41) is 0. The first-order chi connectivity index (χ1) is 10.2. The molecule has 0 spiro atoms. The maximum atomic E-state index is 12.3. The lowest BCUT2D eigenvalue weighted by molar-refractivity contribution is 0.0447.